The van der Waals surface area contributed by atoms with Crippen LogP contribution in [0.1, 0.15) is 16.1 Å². The number of benzene rings is 1. The van der Waals surface area contributed by atoms with E-state index in [0.717, 1.165) is 0 Å². The highest BCUT2D eigenvalue weighted by atomic mass is 35.5. The van der Waals surface area contributed by atoms with Crippen molar-refractivity contribution in [3.63, 3.8) is 0 Å². The summed E-state index contributed by atoms with van der Waals surface area (Å²) in [7, 11) is 0. The van der Waals surface area contributed by atoms with Gasteiger partial charge in [0.15, 0.2) is 5.15 Å². The van der Waals surface area contributed by atoms with Gasteiger partial charge in [0.2, 0.25) is 0 Å². The number of rotatable bonds is 1. The molecule has 0 aliphatic heterocycles. The molecule has 0 aliphatic rings. The number of carbonyl (C=O) groups is 1. The zero-order valence-corrected chi connectivity index (χ0v) is 8.62. The maximum absolute atomic E-state index is 10.9. The maximum atomic E-state index is 10.9. The Morgan fingerprint density at radius 2 is 2.13 bits per heavy atom. The fourth-order valence-electron chi connectivity index (χ4n) is 1.32. The molecule has 0 bridgehead atoms. The molecule has 0 fully saturated rings. The van der Waals surface area contributed by atoms with Crippen molar-refractivity contribution < 1.29 is 9.90 Å². The largest absolute Gasteiger partial charge is 0.478 e. The van der Waals surface area contributed by atoms with Crippen molar-refractivity contribution in [2.75, 3.05) is 0 Å². The van der Waals surface area contributed by atoms with Gasteiger partial charge in [-0.05, 0) is 19.1 Å². The minimum Gasteiger partial charge on any atom is -0.478 e. The van der Waals surface area contributed by atoms with Crippen LogP contribution in [-0.2, 0) is 0 Å². The van der Waals surface area contributed by atoms with Crippen LogP contribution in [0, 0.1) is 6.92 Å². The Kier molecular flexibility index (Phi) is 2.28. The van der Waals surface area contributed by atoms with Crippen LogP contribution in [0.2, 0.25) is 5.15 Å². The van der Waals surface area contributed by atoms with Crippen molar-refractivity contribution >= 4 is 28.6 Å². The zero-order chi connectivity index (χ0) is 11.0. The topological polar surface area (TPSA) is 63.1 Å². The number of fused-ring (bicyclic) bond motifs is 1. The molecule has 0 spiro atoms. The van der Waals surface area contributed by atoms with E-state index in [1.54, 1.807) is 19.1 Å². The van der Waals surface area contributed by atoms with Gasteiger partial charge in [-0.25, -0.2) is 14.8 Å². The first-order chi connectivity index (χ1) is 7.09. The Balaban J connectivity index is 2.86. The highest BCUT2D eigenvalue weighted by molar-refractivity contribution is 6.30. The van der Waals surface area contributed by atoms with Crippen molar-refractivity contribution in [2.24, 2.45) is 0 Å². The number of aromatic nitrogens is 2. The second-order valence-corrected chi connectivity index (χ2v) is 3.44. The number of aromatic carboxylic acids is 1. The van der Waals surface area contributed by atoms with E-state index in [9.17, 15) is 4.79 Å². The summed E-state index contributed by atoms with van der Waals surface area (Å²) in [5.74, 6) is -1.03. The SMILES string of the molecule is Cc1nc2cccc(C(=O)O)c2nc1Cl. The normalized spacial score (nSPS) is 10.5. The number of nitrogens with zero attached hydrogens (tertiary/aromatic N) is 2. The van der Waals surface area contributed by atoms with E-state index in [4.69, 9.17) is 16.7 Å². The van der Waals surface area contributed by atoms with Crippen molar-refractivity contribution in [3.8, 4) is 0 Å². The van der Waals surface area contributed by atoms with Gasteiger partial charge in [0, 0.05) is 0 Å². The molecule has 0 radical (unpaired) electrons. The summed E-state index contributed by atoms with van der Waals surface area (Å²) >= 11 is 5.80. The quantitative estimate of drug-likeness (QED) is 0.804. The smallest absolute Gasteiger partial charge is 0.337 e. The summed E-state index contributed by atoms with van der Waals surface area (Å²) < 4.78 is 0. The van der Waals surface area contributed by atoms with Crippen molar-refractivity contribution in [1.82, 2.24) is 9.97 Å². The average Bonchev–Trinajstić information content (AvgIpc) is 2.18. The van der Waals surface area contributed by atoms with Crippen molar-refractivity contribution in [2.45, 2.75) is 6.92 Å². The van der Waals surface area contributed by atoms with Gasteiger partial charge in [-0.2, -0.15) is 0 Å². The molecule has 15 heavy (non-hydrogen) atoms. The zero-order valence-electron chi connectivity index (χ0n) is 7.86. The van der Waals surface area contributed by atoms with Crippen LogP contribution in [0.5, 0.6) is 0 Å². The van der Waals surface area contributed by atoms with Crippen LogP contribution in [0.4, 0.5) is 0 Å². The van der Waals surface area contributed by atoms with Crippen LogP contribution >= 0.6 is 11.6 Å². The molecule has 0 unspecified atom stereocenters. The molecule has 0 amide bonds. The van der Waals surface area contributed by atoms with Crippen molar-refractivity contribution in [3.05, 3.63) is 34.6 Å². The minimum absolute atomic E-state index is 0.113. The van der Waals surface area contributed by atoms with Crippen LogP contribution in [0.15, 0.2) is 18.2 Å². The van der Waals surface area contributed by atoms with E-state index < -0.39 is 5.97 Å². The first-order valence-corrected chi connectivity index (χ1v) is 4.63. The lowest BCUT2D eigenvalue weighted by atomic mass is 10.2. The highest BCUT2D eigenvalue weighted by Crippen LogP contribution is 2.19. The van der Waals surface area contributed by atoms with Crippen LogP contribution in [0.25, 0.3) is 11.0 Å². The monoisotopic (exact) mass is 222 g/mol. The Morgan fingerprint density at radius 1 is 1.40 bits per heavy atom. The van der Waals surface area contributed by atoms with Gasteiger partial charge in [-0.3, -0.25) is 0 Å². The lowest BCUT2D eigenvalue weighted by Gasteiger charge is -2.03. The lowest BCUT2D eigenvalue weighted by Crippen LogP contribution is -2.00. The maximum Gasteiger partial charge on any atom is 0.337 e. The van der Waals surface area contributed by atoms with Gasteiger partial charge in [0.25, 0.3) is 0 Å². The predicted octanol–water partition coefficient (Wildman–Crippen LogP) is 2.29. The Bertz CT molecular complexity index is 554. The van der Waals surface area contributed by atoms with Crippen molar-refractivity contribution in [1.29, 1.82) is 0 Å². The second-order valence-electron chi connectivity index (χ2n) is 3.08. The Morgan fingerprint density at radius 3 is 2.80 bits per heavy atom. The van der Waals surface area contributed by atoms with Gasteiger partial charge < -0.3 is 5.11 Å². The Hall–Kier alpha value is -1.68. The molecule has 76 valence electrons. The molecule has 4 nitrogen and oxygen atoms in total. The van der Waals surface area contributed by atoms with E-state index >= 15 is 0 Å². The van der Waals surface area contributed by atoms with E-state index in [-0.39, 0.29) is 10.7 Å². The van der Waals surface area contributed by atoms with Crippen LogP contribution in [-0.4, -0.2) is 21.0 Å². The average molecular weight is 223 g/mol. The van der Waals surface area contributed by atoms with Gasteiger partial charge in [0.1, 0.15) is 5.52 Å². The minimum atomic E-state index is -1.03. The molecule has 1 N–H and O–H groups in total. The lowest BCUT2D eigenvalue weighted by molar-refractivity contribution is 0.0699. The molecule has 1 aromatic carbocycles. The molecule has 0 atom stereocenters. The number of aryl methyl sites for hydroxylation is 1. The van der Waals surface area contributed by atoms with Gasteiger partial charge in [-0.1, -0.05) is 17.7 Å². The predicted molar refractivity (Wildman–Crippen MR) is 56.2 cm³/mol. The van der Waals surface area contributed by atoms with Gasteiger partial charge >= 0.3 is 5.97 Å². The standard InChI is InChI=1S/C10H7ClN2O2/c1-5-9(11)13-8-6(10(14)15)3-2-4-7(8)12-5/h2-4H,1H3,(H,14,15). The molecule has 2 aromatic rings. The fourth-order valence-corrected chi connectivity index (χ4v) is 1.44. The molecule has 0 aliphatic carbocycles. The first kappa shape index (κ1) is 9.86. The molecule has 1 aromatic heterocycles. The number of hydrogen-bond donors (Lipinski definition) is 1. The van der Waals surface area contributed by atoms with Gasteiger partial charge in [-0.15, -0.1) is 0 Å². The summed E-state index contributed by atoms with van der Waals surface area (Å²) in [5, 5.41) is 9.16. The summed E-state index contributed by atoms with van der Waals surface area (Å²) in [6, 6.07) is 4.82. The fraction of sp³-hybridized carbons (Fsp3) is 0.100. The molecule has 0 saturated carbocycles. The molecular formula is C10H7ClN2O2. The number of carboxylic acids is 1. The summed E-state index contributed by atoms with van der Waals surface area (Å²) in [6.07, 6.45) is 0. The van der Waals surface area contributed by atoms with E-state index in [1.165, 1.54) is 6.07 Å². The first-order valence-electron chi connectivity index (χ1n) is 4.26. The van der Waals surface area contributed by atoms with E-state index in [2.05, 4.69) is 9.97 Å². The second kappa shape index (κ2) is 3.47. The number of para-hydroxylation sites is 1. The van der Waals surface area contributed by atoms with Crippen LogP contribution in [0.3, 0.4) is 0 Å². The third kappa shape index (κ3) is 1.64. The number of hydrogen-bond acceptors (Lipinski definition) is 3. The summed E-state index contributed by atoms with van der Waals surface area (Å²) in [4.78, 5) is 19.1. The molecule has 2 rings (SSSR count). The van der Waals surface area contributed by atoms with Crippen LogP contribution < -0.4 is 0 Å². The Labute approximate surface area is 90.5 Å². The number of carboxylic acid groups (broad SMARTS) is 1. The van der Waals surface area contributed by atoms with E-state index in [0.29, 0.717) is 16.7 Å². The summed E-state index contributed by atoms with van der Waals surface area (Å²) in [5.41, 5.74) is 1.56. The summed E-state index contributed by atoms with van der Waals surface area (Å²) in [6.45, 7) is 1.72. The third-order valence-corrected chi connectivity index (χ3v) is 2.40. The highest BCUT2D eigenvalue weighted by Gasteiger charge is 2.11. The molecule has 1 heterocycles. The molecule has 0 saturated heterocycles. The third-order valence-electron chi connectivity index (χ3n) is 2.04. The number of halogens is 1. The molecular weight excluding hydrogens is 216 g/mol. The van der Waals surface area contributed by atoms with E-state index in [1.807, 2.05) is 0 Å². The molecule has 5 heteroatoms. The van der Waals surface area contributed by atoms with Gasteiger partial charge in [0.05, 0.1) is 16.8 Å².